The monoisotopic (exact) mass is 352 g/mol. The summed E-state index contributed by atoms with van der Waals surface area (Å²) >= 11 is 0. The van der Waals surface area contributed by atoms with E-state index < -0.39 is 11.6 Å². The van der Waals surface area contributed by atoms with Gasteiger partial charge in [-0.1, -0.05) is 18.2 Å². The summed E-state index contributed by atoms with van der Waals surface area (Å²) in [7, 11) is 0. The molecule has 1 aliphatic heterocycles. The van der Waals surface area contributed by atoms with Gasteiger partial charge >= 0.3 is 0 Å². The number of fused-ring (bicyclic) bond motifs is 1. The molecule has 0 atom stereocenters. The Morgan fingerprint density at radius 1 is 1.00 bits per heavy atom. The van der Waals surface area contributed by atoms with E-state index in [9.17, 15) is 13.6 Å². The maximum atomic E-state index is 13.2. The van der Waals surface area contributed by atoms with Crippen molar-refractivity contribution >= 4 is 23.1 Å². The molecule has 26 heavy (non-hydrogen) atoms. The Morgan fingerprint density at radius 3 is 2.62 bits per heavy atom. The Balaban J connectivity index is 1.51. The lowest BCUT2D eigenvalue weighted by Crippen LogP contribution is -2.29. The molecule has 5 nitrogen and oxygen atoms in total. The Bertz CT molecular complexity index is 976. The van der Waals surface area contributed by atoms with Crippen molar-refractivity contribution in [1.29, 1.82) is 0 Å². The average Bonchev–Trinajstić information content (AvgIpc) is 3.09. The molecule has 0 unspecified atom stereocenters. The molecule has 2 aromatic carbocycles. The summed E-state index contributed by atoms with van der Waals surface area (Å²) in [4.78, 5) is 14.4. The number of benzene rings is 2. The minimum absolute atomic E-state index is 0.220. The van der Waals surface area contributed by atoms with E-state index in [2.05, 4.69) is 15.5 Å². The Kier molecular flexibility index (Phi) is 4.04. The van der Waals surface area contributed by atoms with Crippen molar-refractivity contribution in [3.05, 3.63) is 77.5 Å². The van der Waals surface area contributed by atoms with Gasteiger partial charge in [0.05, 0.1) is 0 Å². The number of halogens is 2. The van der Waals surface area contributed by atoms with Crippen molar-refractivity contribution in [2.24, 2.45) is 0 Å². The van der Waals surface area contributed by atoms with Gasteiger partial charge in [0.25, 0.3) is 5.91 Å². The molecule has 0 spiro atoms. The van der Waals surface area contributed by atoms with Crippen LogP contribution in [0.3, 0.4) is 0 Å². The third-order valence-corrected chi connectivity index (χ3v) is 4.21. The normalized spacial score (nSPS) is 12.8. The number of carbonyl (C=O) groups excluding carboxylic acids is 1. The predicted molar refractivity (Wildman–Crippen MR) is 93.5 cm³/mol. The summed E-state index contributed by atoms with van der Waals surface area (Å²) in [6.45, 7) is 0.606. The van der Waals surface area contributed by atoms with E-state index >= 15 is 0 Å². The molecule has 0 aliphatic carbocycles. The Morgan fingerprint density at radius 2 is 1.85 bits per heavy atom. The second-order valence-corrected chi connectivity index (χ2v) is 5.89. The van der Waals surface area contributed by atoms with Crippen molar-refractivity contribution in [2.45, 2.75) is 6.42 Å². The molecule has 0 saturated heterocycles. The van der Waals surface area contributed by atoms with E-state index in [-0.39, 0.29) is 11.6 Å². The molecular formula is C19H14F2N4O. The lowest BCUT2D eigenvalue weighted by molar-refractivity contribution is 0.0983. The molecule has 1 amide bonds. The van der Waals surface area contributed by atoms with Gasteiger partial charge in [0.2, 0.25) is 0 Å². The summed E-state index contributed by atoms with van der Waals surface area (Å²) in [5.41, 5.74) is 2.58. The molecule has 0 saturated carbocycles. The van der Waals surface area contributed by atoms with Gasteiger partial charge in [0.1, 0.15) is 0 Å². The Hall–Kier alpha value is -3.35. The van der Waals surface area contributed by atoms with E-state index in [4.69, 9.17) is 0 Å². The second kappa shape index (κ2) is 6.51. The van der Waals surface area contributed by atoms with Crippen molar-refractivity contribution in [3.8, 4) is 0 Å². The number of nitrogens with zero attached hydrogens (tertiary/aromatic N) is 3. The van der Waals surface area contributed by atoms with E-state index in [1.54, 1.807) is 17.0 Å². The van der Waals surface area contributed by atoms with Crippen LogP contribution in [0.5, 0.6) is 0 Å². The third-order valence-electron chi connectivity index (χ3n) is 4.21. The standard InChI is InChI=1S/C19H14F2N4O/c20-14-6-5-13(11-15(14)21)22-18-8-7-16(23-24-18)19(26)25-10-9-12-3-1-2-4-17(12)25/h1-8,11H,9-10H2,(H,22,24). The zero-order valence-electron chi connectivity index (χ0n) is 13.6. The molecule has 1 aliphatic rings. The van der Waals surface area contributed by atoms with E-state index in [1.165, 1.54) is 6.07 Å². The van der Waals surface area contributed by atoms with Gasteiger partial charge in [-0.3, -0.25) is 4.79 Å². The topological polar surface area (TPSA) is 58.1 Å². The van der Waals surface area contributed by atoms with Crippen LogP contribution in [0.4, 0.5) is 26.0 Å². The molecule has 3 aromatic rings. The first-order valence-electron chi connectivity index (χ1n) is 8.07. The van der Waals surface area contributed by atoms with Crippen LogP contribution >= 0.6 is 0 Å². The first-order chi connectivity index (χ1) is 12.6. The minimum Gasteiger partial charge on any atom is -0.339 e. The number of nitrogens with one attached hydrogen (secondary N) is 1. The molecule has 0 bridgehead atoms. The van der Waals surface area contributed by atoms with E-state index in [1.807, 2.05) is 24.3 Å². The molecular weight excluding hydrogens is 338 g/mol. The number of anilines is 3. The fourth-order valence-corrected chi connectivity index (χ4v) is 2.92. The first kappa shape index (κ1) is 16.1. The van der Waals surface area contributed by atoms with Crippen molar-refractivity contribution in [2.75, 3.05) is 16.8 Å². The molecule has 130 valence electrons. The predicted octanol–water partition coefficient (Wildman–Crippen LogP) is 3.70. The maximum Gasteiger partial charge on any atom is 0.278 e. The highest BCUT2D eigenvalue weighted by atomic mass is 19.2. The summed E-state index contributed by atoms with van der Waals surface area (Å²) < 4.78 is 26.2. The average molecular weight is 352 g/mol. The Labute approximate surface area is 148 Å². The van der Waals surface area contributed by atoms with Gasteiger partial charge in [-0.2, -0.15) is 0 Å². The van der Waals surface area contributed by atoms with Crippen LogP contribution in [0.1, 0.15) is 16.1 Å². The van der Waals surface area contributed by atoms with Crippen LogP contribution in [0.2, 0.25) is 0 Å². The summed E-state index contributed by atoms with van der Waals surface area (Å²) in [6, 6.07) is 14.3. The lowest BCUT2D eigenvalue weighted by atomic mass is 10.2. The minimum atomic E-state index is -0.956. The number of aromatic nitrogens is 2. The smallest absolute Gasteiger partial charge is 0.278 e. The highest BCUT2D eigenvalue weighted by Crippen LogP contribution is 2.28. The molecule has 0 radical (unpaired) electrons. The van der Waals surface area contributed by atoms with Crippen molar-refractivity contribution < 1.29 is 13.6 Å². The molecule has 1 N–H and O–H groups in total. The first-order valence-corrected chi connectivity index (χ1v) is 8.07. The number of para-hydroxylation sites is 1. The summed E-state index contributed by atoms with van der Waals surface area (Å²) in [6.07, 6.45) is 0.811. The molecule has 0 fully saturated rings. The fourth-order valence-electron chi connectivity index (χ4n) is 2.92. The van der Waals surface area contributed by atoms with Crippen LogP contribution in [0.15, 0.2) is 54.6 Å². The van der Waals surface area contributed by atoms with Crippen molar-refractivity contribution in [3.63, 3.8) is 0 Å². The second-order valence-electron chi connectivity index (χ2n) is 5.89. The molecule has 4 rings (SSSR count). The number of amides is 1. The number of carbonyl (C=O) groups is 1. The highest BCUT2D eigenvalue weighted by Gasteiger charge is 2.26. The van der Waals surface area contributed by atoms with E-state index in [0.29, 0.717) is 18.1 Å². The van der Waals surface area contributed by atoms with Crippen LogP contribution < -0.4 is 10.2 Å². The van der Waals surface area contributed by atoms with Crippen LogP contribution in [0, 0.1) is 11.6 Å². The highest BCUT2D eigenvalue weighted by molar-refractivity contribution is 6.06. The van der Waals surface area contributed by atoms with E-state index in [0.717, 1.165) is 29.8 Å². The zero-order valence-corrected chi connectivity index (χ0v) is 13.6. The van der Waals surface area contributed by atoms with Crippen LogP contribution in [0.25, 0.3) is 0 Å². The molecule has 1 aromatic heterocycles. The number of hydrogen-bond donors (Lipinski definition) is 1. The summed E-state index contributed by atoms with van der Waals surface area (Å²) in [5.74, 6) is -1.77. The van der Waals surface area contributed by atoms with Gasteiger partial charge in [-0.15, -0.1) is 10.2 Å². The fraction of sp³-hybridized carbons (Fsp3) is 0.105. The largest absolute Gasteiger partial charge is 0.339 e. The molecule has 2 heterocycles. The van der Waals surface area contributed by atoms with Gasteiger partial charge in [-0.25, -0.2) is 8.78 Å². The number of hydrogen-bond acceptors (Lipinski definition) is 4. The lowest BCUT2D eigenvalue weighted by Gasteiger charge is -2.16. The molecule has 7 heteroatoms. The van der Waals surface area contributed by atoms with Gasteiger partial charge in [-0.05, 0) is 42.3 Å². The maximum absolute atomic E-state index is 13.2. The SMILES string of the molecule is O=C(c1ccc(Nc2ccc(F)c(F)c2)nn1)N1CCc2ccccc21. The zero-order chi connectivity index (χ0) is 18.1. The summed E-state index contributed by atoms with van der Waals surface area (Å²) in [5, 5.41) is 10.7. The van der Waals surface area contributed by atoms with Gasteiger partial charge in [0, 0.05) is 24.0 Å². The van der Waals surface area contributed by atoms with Gasteiger partial charge in [0.15, 0.2) is 23.1 Å². The van der Waals surface area contributed by atoms with Gasteiger partial charge < -0.3 is 10.2 Å². The quantitative estimate of drug-likeness (QED) is 0.781. The van der Waals surface area contributed by atoms with Crippen LogP contribution in [-0.2, 0) is 6.42 Å². The number of rotatable bonds is 3. The van der Waals surface area contributed by atoms with Crippen molar-refractivity contribution in [1.82, 2.24) is 10.2 Å². The third kappa shape index (κ3) is 2.99. The van der Waals surface area contributed by atoms with Crippen LogP contribution in [-0.4, -0.2) is 22.6 Å².